The Kier molecular flexibility index (Phi) is 4.78. The molecule has 1 amide bonds. The lowest BCUT2D eigenvalue weighted by Gasteiger charge is -2.35. The molecule has 0 saturated heterocycles. The molecule has 0 spiro atoms. The fourth-order valence-electron chi connectivity index (χ4n) is 3.12. The van der Waals surface area contributed by atoms with Crippen LogP contribution in [0.25, 0.3) is 0 Å². The molecule has 1 fully saturated rings. The lowest BCUT2D eigenvalue weighted by atomic mass is 10.1. The van der Waals surface area contributed by atoms with E-state index in [9.17, 15) is 9.59 Å². The molecule has 0 atom stereocenters. The number of likely N-dealkylation sites (N-methyl/N-ethyl adjacent to an activating group) is 1. The van der Waals surface area contributed by atoms with Gasteiger partial charge in [0, 0.05) is 11.3 Å². The SMILES string of the molecule is CC(=O)c1cccc(NC(=O)C[N+](C)(C)C2CCCC2)c1. The minimum absolute atomic E-state index is 0.00704. The van der Waals surface area contributed by atoms with Gasteiger partial charge in [0.15, 0.2) is 12.3 Å². The standard InChI is InChI=1S/C17H24N2O2/c1-13(20)14-7-6-8-15(11-14)18-17(21)12-19(2,3)16-9-4-5-10-16/h6-8,11,16H,4-5,9-10,12H2,1-3H3/p+1. The molecular formula is C17H25N2O2+. The molecule has 0 radical (unpaired) electrons. The molecule has 0 aliphatic heterocycles. The lowest BCUT2D eigenvalue weighted by Crippen LogP contribution is -2.51. The lowest BCUT2D eigenvalue weighted by molar-refractivity contribution is -0.906. The van der Waals surface area contributed by atoms with Gasteiger partial charge in [-0.2, -0.15) is 0 Å². The molecule has 4 nitrogen and oxygen atoms in total. The van der Waals surface area contributed by atoms with Crippen molar-refractivity contribution in [2.24, 2.45) is 0 Å². The van der Waals surface area contributed by atoms with E-state index in [2.05, 4.69) is 19.4 Å². The predicted molar refractivity (Wildman–Crippen MR) is 84.3 cm³/mol. The first kappa shape index (κ1) is 15.7. The van der Waals surface area contributed by atoms with Crippen LogP contribution in [0.1, 0.15) is 43.0 Å². The topological polar surface area (TPSA) is 46.2 Å². The van der Waals surface area contributed by atoms with Gasteiger partial charge in [0.1, 0.15) is 0 Å². The Bertz CT molecular complexity index is 531. The van der Waals surface area contributed by atoms with Crippen LogP contribution in [-0.2, 0) is 4.79 Å². The summed E-state index contributed by atoms with van der Waals surface area (Å²) < 4.78 is 0.734. The summed E-state index contributed by atoms with van der Waals surface area (Å²) in [6, 6.07) is 7.69. The third-order valence-corrected chi connectivity index (χ3v) is 4.42. The summed E-state index contributed by atoms with van der Waals surface area (Å²) in [4.78, 5) is 23.6. The van der Waals surface area contributed by atoms with Crippen molar-refractivity contribution < 1.29 is 14.1 Å². The Morgan fingerprint density at radius 1 is 1.24 bits per heavy atom. The summed E-state index contributed by atoms with van der Waals surface area (Å²) in [7, 11) is 4.25. The van der Waals surface area contributed by atoms with Crippen molar-refractivity contribution in [2.75, 3.05) is 26.0 Å². The first-order valence-electron chi connectivity index (χ1n) is 7.62. The Morgan fingerprint density at radius 2 is 1.90 bits per heavy atom. The van der Waals surface area contributed by atoms with Crippen LogP contribution in [-0.4, -0.2) is 42.9 Å². The Labute approximate surface area is 126 Å². The molecule has 114 valence electrons. The van der Waals surface area contributed by atoms with Crippen molar-refractivity contribution in [3.63, 3.8) is 0 Å². The highest BCUT2D eigenvalue weighted by molar-refractivity contribution is 5.97. The molecule has 1 aliphatic rings. The van der Waals surface area contributed by atoms with E-state index in [1.165, 1.54) is 32.6 Å². The third-order valence-electron chi connectivity index (χ3n) is 4.42. The van der Waals surface area contributed by atoms with Gasteiger partial charge in [-0.3, -0.25) is 9.59 Å². The molecule has 4 heteroatoms. The minimum Gasteiger partial charge on any atom is -0.321 e. The number of amides is 1. The van der Waals surface area contributed by atoms with Crippen molar-refractivity contribution in [3.05, 3.63) is 29.8 Å². The second kappa shape index (κ2) is 6.39. The van der Waals surface area contributed by atoms with Gasteiger partial charge in [-0.15, -0.1) is 0 Å². The van der Waals surface area contributed by atoms with Gasteiger partial charge in [-0.1, -0.05) is 12.1 Å². The summed E-state index contributed by atoms with van der Waals surface area (Å²) in [5, 5.41) is 2.91. The first-order valence-corrected chi connectivity index (χ1v) is 7.62. The fraction of sp³-hybridized carbons (Fsp3) is 0.529. The summed E-state index contributed by atoms with van der Waals surface area (Å²) in [6.45, 7) is 2.00. The molecular weight excluding hydrogens is 264 g/mol. The number of quaternary nitrogens is 1. The Hall–Kier alpha value is -1.68. The van der Waals surface area contributed by atoms with E-state index in [1.807, 2.05) is 6.07 Å². The van der Waals surface area contributed by atoms with Crippen LogP contribution in [0, 0.1) is 0 Å². The molecule has 0 bridgehead atoms. The van der Waals surface area contributed by atoms with E-state index in [1.54, 1.807) is 18.2 Å². The van der Waals surface area contributed by atoms with Gasteiger partial charge >= 0.3 is 0 Å². The van der Waals surface area contributed by atoms with E-state index >= 15 is 0 Å². The number of Topliss-reactive ketones (excluding diaryl/α,β-unsaturated/α-hetero) is 1. The summed E-state index contributed by atoms with van der Waals surface area (Å²) in [6.07, 6.45) is 4.96. The average Bonchev–Trinajstić information content (AvgIpc) is 2.92. The molecule has 2 rings (SSSR count). The van der Waals surface area contributed by atoms with Crippen molar-refractivity contribution in [2.45, 2.75) is 38.6 Å². The van der Waals surface area contributed by atoms with Gasteiger partial charge in [-0.05, 0) is 44.7 Å². The highest BCUT2D eigenvalue weighted by Gasteiger charge is 2.32. The quantitative estimate of drug-likeness (QED) is 0.669. The van der Waals surface area contributed by atoms with Crippen molar-refractivity contribution >= 4 is 17.4 Å². The maximum Gasteiger partial charge on any atom is 0.279 e. The van der Waals surface area contributed by atoms with Crippen LogP contribution in [0.15, 0.2) is 24.3 Å². The summed E-state index contributed by atoms with van der Waals surface area (Å²) >= 11 is 0. The van der Waals surface area contributed by atoms with Crippen LogP contribution in [0.3, 0.4) is 0 Å². The van der Waals surface area contributed by atoms with Gasteiger partial charge in [0.2, 0.25) is 0 Å². The minimum atomic E-state index is 0.00704. The molecule has 1 saturated carbocycles. The fourth-order valence-corrected chi connectivity index (χ4v) is 3.12. The maximum absolute atomic E-state index is 12.3. The van der Waals surface area contributed by atoms with Crippen LogP contribution < -0.4 is 5.32 Å². The number of hydrogen-bond donors (Lipinski definition) is 1. The highest BCUT2D eigenvalue weighted by atomic mass is 16.2. The molecule has 0 heterocycles. The zero-order chi connectivity index (χ0) is 15.5. The normalized spacial score (nSPS) is 16.0. The zero-order valence-corrected chi connectivity index (χ0v) is 13.2. The zero-order valence-electron chi connectivity index (χ0n) is 13.2. The number of benzene rings is 1. The van der Waals surface area contributed by atoms with E-state index in [0.717, 1.165) is 4.48 Å². The van der Waals surface area contributed by atoms with Crippen LogP contribution in [0.2, 0.25) is 0 Å². The van der Waals surface area contributed by atoms with Crippen LogP contribution in [0.4, 0.5) is 5.69 Å². The highest BCUT2D eigenvalue weighted by Crippen LogP contribution is 2.26. The number of rotatable bonds is 5. The number of carbonyl (C=O) groups excluding carboxylic acids is 2. The molecule has 21 heavy (non-hydrogen) atoms. The van der Waals surface area contributed by atoms with Crippen LogP contribution in [0.5, 0.6) is 0 Å². The van der Waals surface area contributed by atoms with Gasteiger partial charge in [-0.25, -0.2) is 0 Å². The monoisotopic (exact) mass is 289 g/mol. The summed E-state index contributed by atoms with van der Waals surface area (Å²) in [5.74, 6) is 0.0146. The second-order valence-corrected chi connectivity index (χ2v) is 6.56. The molecule has 1 aromatic rings. The number of ketones is 1. The Morgan fingerprint density at radius 3 is 2.52 bits per heavy atom. The van der Waals surface area contributed by atoms with Crippen LogP contribution >= 0.6 is 0 Å². The van der Waals surface area contributed by atoms with E-state index < -0.39 is 0 Å². The molecule has 1 aromatic carbocycles. The van der Waals surface area contributed by atoms with E-state index in [4.69, 9.17) is 0 Å². The molecule has 0 unspecified atom stereocenters. The number of carbonyl (C=O) groups is 2. The number of nitrogens with zero attached hydrogens (tertiary/aromatic N) is 1. The maximum atomic E-state index is 12.3. The number of hydrogen-bond acceptors (Lipinski definition) is 2. The average molecular weight is 289 g/mol. The van der Waals surface area contributed by atoms with Gasteiger partial charge < -0.3 is 9.80 Å². The van der Waals surface area contributed by atoms with Gasteiger partial charge in [0.05, 0.1) is 20.1 Å². The number of anilines is 1. The Balaban J connectivity index is 1.98. The van der Waals surface area contributed by atoms with E-state index in [-0.39, 0.29) is 11.7 Å². The summed E-state index contributed by atoms with van der Waals surface area (Å²) in [5.41, 5.74) is 1.32. The van der Waals surface area contributed by atoms with Gasteiger partial charge in [0.25, 0.3) is 5.91 Å². The molecule has 1 N–H and O–H groups in total. The second-order valence-electron chi connectivity index (χ2n) is 6.56. The number of nitrogens with one attached hydrogen (secondary N) is 1. The smallest absolute Gasteiger partial charge is 0.279 e. The molecule has 1 aliphatic carbocycles. The van der Waals surface area contributed by atoms with Crippen molar-refractivity contribution in [1.82, 2.24) is 0 Å². The first-order chi connectivity index (χ1) is 9.88. The molecule has 0 aromatic heterocycles. The predicted octanol–water partition coefficient (Wildman–Crippen LogP) is 2.85. The van der Waals surface area contributed by atoms with E-state index in [0.29, 0.717) is 23.8 Å². The largest absolute Gasteiger partial charge is 0.321 e. The van der Waals surface area contributed by atoms with Crippen molar-refractivity contribution in [1.29, 1.82) is 0 Å². The third kappa shape index (κ3) is 4.14. The van der Waals surface area contributed by atoms with Crippen molar-refractivity contribution in [3.8, 4) is 0 Å².